The number of allylic oxidation sites excluding steroid dienone is 1. The maximum Gasteiger partial charge on any atom is 0.433 e. The van der Waals surface area contributed by atoms with E-state index >= 15 is 0 Å². The number of ether oxygens (including phenoxy) is 1. The van der Waals surface area contributed by atoms with E-state index in [1.807, 2.05) is 12.2 Å². The van der Waals surface area contributed by atoms with Crippen LogP contribution in [-0.2, 0) is 4.74 Å². The Balaban J connectivity index is 1.90. The predicted octanol–water partition coefficient (Wildman–Crippen LogP) is 6.33. The SMILES string of the molecule is CCCCCCCCCCCCCCCC[N+]1=CC=CC(=NC(=O)OC)C1. The van der Waals surface area contributed by atoms with Gasteiger partial charge in [0.2, 0.25) is 0 Å². The van der Waals surface area contributed by atoms with Gasteiger partial charge in [-0.25, -0.2) is 9.37 Å². The molecule has 0 saturated carbocycles. The molecule has 0 aliphatic carbocycles. The van der Waals surface area contributed by atoms with E-state index in [0.717, 1.165) is 12.3 Å². The average molecular weight is 378 g/mol. The summed E-state index contributed by atoms with van der Waals surface area (Å²) in [5, 5.41) is 0. The lowest BCUT2D eigenvalue weighted by Crippen LogP contribution is -2.25. The summed E-state index contributed by atoms with van der Waals surface area (Å²) in [6.45, 7) is 4.01. The highest BCUT2D eigenvalue weighted by atomic mass is 16.5. The van der Waals surface area contributed by atoms with Gasteiger partial charge in [-0.3, -0.25) is 0 Å². The van der Waals surface area contributed by atoms with Crippen molar-refractivity contribution in [1.82, 2.24) is 0 Å². The van der Waals surface area contributed by atoms with E-state index in [-0.39, 0.29) is 0 Å². The van der Waals surface area contributed by atoms with Gasteiger partial charge in [0, 0.05) is 12.5 Å². The number of amides is 1. The van der Waals surface area contributed by atoms with Crippen molar-refractivity contribution in [2.24, 2.45) is 4.99 Å². The topological polar surface area (TPSA) is 41.7 Å². The minimum atomic E-state index is -0.520. The van der Waals surface area contributed by atoms with Gasteiger partial charge in [0.15, 0.2) is 12.8 Å². The zero-order valence-corrected chi connectivity index (χ0v) is 17.8. The third-order valence-corrected chi connectivity index (χ3v) is 5.16. The summed E-state index contributed by atoms with van der Waals surface area (Å²) < 4.78 is 6.81. The zero-order chi connectivity index (χ0) is 19.6. The highest BCUT2D eigenvalue weighted by Gasteiger charge is 2.12. The fourth-order valence-corrected chi connectivity index (χ4v) is 3.49. The number of carbonyl (C=O) groups is 1. The Labute approximate surface area is 166 Å². The Kier molecular flexibility index (Phi) is 14.6. The van der Waals surface area contributed by atoms with Gasteiger partial charge >= 0.3 is 6.09 Å². The minimum Gasteiger partial charge on any atom is -0.451 e. The van der Waals surface area contributed by atoms with E-state index in [2.05, 4.69) is 27.4 Å². The van der Waals surface area contributed by atoms with Crippen molar-refractivity contribution in [3.8, 4) is 0 Å². The van der Waals surface area contributed by atoms with Gasteiger partial charge in [0.05, 0.1) is 7.11 Å². The molecule has 0 aromatic carbocycles. The van der Waals surface area contributed by atoms with Gasteiger partial charge in [-0.15, -0.1) is 0 Å². The van der Waals surface area contributed by atoms with Crippen molar-refractivity contribution in [1.29, 1.82) is 0 Å². The lowest BCUT2D eigenvalue weighted by molar-refractivity contribution is -0.508. The third-order valence-electron chi connectivity index (χ3n) is 5.16. The van der Waals surface area contributed by atoms with Crippen LogP contribution in [0.3, 0.4) is 0 Å². The molecular formula is C23H41N2O2+. The fourth-order valence-electron chi connectivity index (χ4n) is 3.49. The molecule has 1 aliphatic heterocycles. The molecule has 1 heterocycles. The maximum atomic E-state index is 11.2. The average Bonchev–Trinajstić information content (AvgIpc) is 2.68. The van der Waals surface area contributed by atoms with Crippen LogP contribution in [0.2, 0.25) is 0 Å². The number of nitrogens with zero attached hydrogens (tertiary/aromatic N) is 2. The number of unbranched alkanes of at least 4 members (excludes halogenated alkanes) is 13. The van der Waals surface area contributed by atoms with Gasteiger partial charge in [-0.1, -0.05) is 84.0 Å². The summed E-state index contributed by atoms with van der Waals surface area (Å²) in [7, 11) is 1.36. The van der Waals surface area contributed by atoms with Crippen LogP contribution < -0.4 is 0 Å². The molecule has 4 heteroatoms. The summed E-state index contributed by atoms with van der Waals surface area (Å²) in [6, 6.07) is 0. The first kappa shape index (κ1) is 23.6. The molecule has 1 rings (SSSR count). The Morgan fingerprint density at radius 1 is 0.926 bits per heavy atom. The molecule has 0 aromatic heterocycles. The standard InChI is InChI=1S/C23H41N2O2/c1-3-4-5-6-7-8-9-10-11-12-13-14-15-16-19-25-20-17-18-22(21-25)24-23(26)27-2/h17-18,20H,3-16,19,21H2,1-2H3/q+1. The molecule has 0 bridgehead atoms. The summed E-state index contributed by atoms with van der Waals surface area (Å²) in [6.07, 6.45) is 24.7. The van der Waals surface area contributed by atoms with E-state index in [1.54, 1.807) is 0 Å². The molecule has 1 aliphatic rings. The fraction of sp³-hybridized carbons (Fsp3) is 0.783. The van der Waals surface area contributed by atoms with Gasteiger partial charge in [-0.2, -0.15) is 4.99 Å². The number of methoxy groups -OCH3 is 1. The lowest BCUT2D eigenvalue weighted by atomic mass is 10.0. The largest absolute Gasteiger partial charge is 0.451 e. The van der Waals surface area contributed by atoms with Crippen LogP contribution in [0.1, 0.15) is 96.8 Å². The molecule has 0 fully saturated rings. The number of rotatable bonds is 15. The van der Waals surface area contributed by atoms with Crippen molar-refractivity contribution >= 4 is 18.0 Å². The van der Waals surface area contributed by atoms with Crippen LogP contribution in [0.25, 0.3) is 0 Å². The number of hydrogen-bond acceptors (Lipinski definition) is 2. The minimum absolute atomic E-state index is 0.520. The van der Waals surface area contributed by atoms with Crippen molar-refractivity contribution in [2.45, 2.75) is 96.8 Å². The number of carbonyl (C=O) groups excluding carboxylic acids is 1. The first-order valence-corrected chi connectivity index (χ1v) is 11.2. The van der Waals surface area contributed by atoms with Crippen molar-refractivity contribution < 1.29 is 14.1 Å². The molecule has 154 valence electrons. The second-order valence-electron chi connectivity index (χ2n) is 7.65. The van der Waals surface area contributed by atoms with Gasteiger partial charge in [0.1, 0.15) is 12.3 Å². The zero-order valence-electron chi connectivity index (χ0n) is 17.8. The molecule has 0 aromatic rings. The summed E-state index contributed by atoms with van der Waals surface area (Å²) in [5.41, 5.74) is 0.773. The molecule has 1 amide bonds. The summed E-state index contributed by atoms with van der Waals surface area (Å²) >= 11 is 0. The van der Waals surface area contributed by atoms with E-state index < -0.39 is 6.09 Å². The normalized spacial score (nSPS) is 15.2. The molecule has 0 saturated heterocycles. The van der Waals surface area contributed by atoms with Gasteiger partial charge in [0.25, 0.3) is 0 Å². The van der Waals surface area contributed by atoms with Crippen LogP contribution in [0.15, 0.2) is 17.1 Å². The van der Waals surface area contributed by atoms with Crippen LogP contribution in [0.4, 0.5) is 4.79 Å². The Morgan fingerprint density at radius 2 is 1.44 bits per heavy atom. The second kappa shape index (κ2) is 16.7. The van der Waals surface area contributed by atoms with Crippen LogP contribution in [-0.4, -0.2) is 42.8 Å². The molecule has 0 atom stereocenters. The quantitative estimate of drug-likeness (QED) is 0.247. The molecule has 0 spiro atoms. The molecular weight excluding hydrogens is 336 g/mol. The highest BCUT2D eigenvalue weighted by Crippen LogP contribution is 2.13. The Hall–Kier alpha value is -1.45. The van der Waals surface area contributed by atoms with Gasteiger partial charge < -0.3 is 4.74 Å². The van der Waals surface area contributed by atoms with E-state index in [9.17, 15) is 4.79 Å². The van der Waals surface area contributed by atoms with E-state index in [4.69, 9.17) is 0 Å². The molecule has 0 radical (unpaired) electrons. The summed E-state index contributed by atoms with van der Waals surface area (Å²) in [4.78, 5) is 15.1. The maximum absolute atomic E-state index is 11.2. The second-order valence-corrected chi connectivity index (χ2v) is 7.65. The van der Waals surface area contributed by atoms with Crippen molar-refractivity contribution in [2.75, 3.05) is 20.2 Å². The highest BCUT2D eigenvalue weighted by molar-refractivity contribution is 6.04. The van der Waals surface area contributed by atoms with E-state index in [0.29, 0.717) is 6.54 Å². The first-order chi connectivity index (χ1) is 13.3. The molecule has 4 nitrogen and oxygen atoms in total. The number of hydrogen-bond donors (Lipinski definition) is 0. The number of aliphatic imine (C=N–C) groups is 1. The first-order valence-electron chi connectivity index (χ1n) is 11.2. The Morgan fingerprint density at radius 3 is 1.96 bits per heavy atom. The third kappa shape index (κ3) is 13.4. The summed E-state index contributed by atoms with van der Waals surface area (Å²) in [5.74, 6) is 0. The van der Waals surface area contributed by atoms with Gasteiger partial charge in [-0.05, 0) is 12.5 Å². The van der Waals surface area contributed by atoms with Crippen molar-refractivity contribution in [3.05, 3.63) is 12.2 Å². The lowest BCUT2D eigenvalue weighted by Gasteiger charge is -2.07. The van der Waals surface area contributed by atoms with Crippen molar-refractivity contribution in [3.63, 3.8) is 0 Å². The molecule has 0 N–H and O–H groups in total. The predicted molar refractivity (Wildman–Crippen MR) is 115 cm³/mol. The monoisotopic (exact) mass is 377 g/mol. The smallest absolute Gasteiger partial charge is 0.433 e. The molecule has 27 heavy (non-hydrogen) atoms. The van der Waals surface area contributed by atoms with Crippen LogP contribution in [0, 0.1) is 0 Å². The Bertz CT molecular complexity index is 481. The van der Waals surface area contributed by atoms with Crippen LogP contribution >= 0.6 is 0 Å². The van der Waals surface area contributed by atoms with E-state index in [1.165, 1.54) is 97.0 Å². The molecule has 0 unspecified atom stereocenters. The van der Waals surface area contributed by atoms with Crippen LogP contribution in [0.5, 0.6) is 0 Å².